The number of amides is 1. The SMILES string of the molecule is COc1ccc(N)cc1C(=O)NCCC1CCCCC1. The van der Waals surface area contributed by atoms with E-state index in [2.05, 4.69) is 5.32 Å². The Hall–Kier alpha value is -1.71. The van der Waals surface area contributed by atoms with Crippen LogP contribution in [0.2, 0.25) is 0 Å². The molecule has 0 saturated heterocycles. The predicted molar refractivity (Wildman–Crippen MR) is 80.9 cm³/mol. The first-order chi connectivity index (χ1) is 9.70. The van der Waals surface area contributed by atoms with Gasteiger partial charge in [0.15, 0.2) is 0 Å². The maximum Gasteiger partial charge on any atom is 0.255 e. The Labute approximate surface area is 120 Å². The number of carbonyl (C=O) groups is 1. The van der Waals surface area contributed by atoms with Crippen LogP contribution in [0.1, 0.15) is 48.9 Å². The van der Waals surface area contributed by atoms with Crippen molar-refractivity contribution in [2.24, 2.45) is 5.92 Å². The summed E-state index contributed by atoms with van der Waals surface area (Å²) >= 11 is 0. The number of hydrogen-bond donors (Lipinski definition) is 2. The van der Waals surface area contributed by atoms with Crippen LogP contribution in [0.4, 0.5) is 5.69 Å². The number of rotatable bonds is 5. The van der Waals surface area contributed by atoms with Crippen molar-refractivity contribution in [2.75, 3.05) is 19.4 Å². The monoisotopic (exact) mass is 276 g/mol. The molecule has 0 aromatic heterocycles. The molecule has 1 aliphatic rings. The lowest BCUT2D eigenvalue weighted by Gasteiger charge is -2.21. The zero-order valence-electron chi connectivity index (χ0n) is 12.2. The van der Waals surface area contributed by atoms with E-state index < -0.39 is 0 Å². The number of ether oxygens (including phenoxy) is 1. The summed E-state index contributed by atoms with van der Waals surface area (Å²) in [6.45, 7) is 0.724. The maximum absolute atomic E-state index is 12.2. The van der Waals surface area contributed by atoms with E-state index in [4.69, 9.17) is 10.5 Å². The third-order valence-electron chi connectivity index (χ3n) is 4.03. The molecule has 1 amide bonds. The van der Waals surface area contributed by atoms with Crippen LogP contribution < -0.4 is 15.8 Å². The van der Waals surface area contributed by atoms with Crippen molar-refractivity contribution in [3.8, 4) is 5.75 Å². The van der Waals surface area contributed by atoms with E-state index in [1.807, 2.05) is 0 Å². The fourth-order valence-corrected chi connectivity index (χ4v) is 2.86. The second-order valence-electron chi connectivity index (χ2n) is 5.51. The molecule has 2 rings (SSSR count). The number of nitrogen functional groups attached to an aromatic ring is 1. The van der Waals surface area contributed by atoms with Gasteiger partial charge in [-0.05, 0) is 30.5 Å². The minimum absolute atomic E-state index is 0.107. The van der Waals surface area contributed by atoms with Crippen LogP contribution in [-0.2, 0) is 0 Å². The summed E-state index contributed by atoms with van der Waals surface area (Å²) in [6.07, 6.45) is 7.71. The normalized spacial score (nSPS) is 15.8. The Morgan fingerprint density at radius 1 is 1.35 bits per heavy atom. The number of carbonyl (C=O) groups excluding carboxylic acids is 1. The summed E-state index contributed by atoms with van der Waals surface area (Å²) < 4.78 is 5.20. The average Bonchev–Trinajstić information content (AvgIpc) is 2.48. The van der Waals surface area contributed by atoms with Gasteiger partial charge >= 0.3 is 0 Å². The summed E-state index contributed by atoms with van der Waals surface area (Å²) in [5, 5.41) is 2.97. The van der Waals surface area contributed by atoms with Crippen molar-refractivity contribution in [3.05, 3.63) is 23.8 Å². The molecule has 3 N–H and O–H groups in total. The van der Waals surface area contributed by atoms with Gasteiger partial charge in [-0.15, -0.1) is 0 Å². The molecule has 4 heteroatoms. The quantitative estimate of drug-likeness (QED) is 0.813. The van der Waals surface area contributed by atoms with Crippen molar-refractivity contribution in [1.82, 2.24) is 5.32 Å². The van der Waals surface area contributed by atoms with Gasteiger partial charge in [0.25, 0.3) is 5.91 Å². The van der Waals surface area contributed by atoms with Crippen LogP contribution in [0.25, 0.3) is 0 Å². The van der Waals surface area contributed by atoms with Gasteiger partial charge in [0.2, 0.25) is 0 Å². The summed E-state index contributed by atoms with van der Waals surface area (Å²) in [5.41, 5.74) is 6.81. The van der Waals surface area contributed by atoms with E-state index in [-0.39, 0.29) is 5.91 Å². The van der Waals surface area contributed by atoms with Crippen LogP contribution in [0.15, 0.2) is 18.2 Å². The van der Waals surface area contributed by atoms with E-state index in [0.717, 1.165) is 18.9 Å². The van der Waals surface area contributed by atoms with E-state index in [9.17, 15) is 4.79 Å². The van der Waals surface area contributed by atoms with Gasteiger partial charge < -0.3 is 15.8 Å². The molecule has 1 saturated carbocycles. The number of benzene rings is 1. The highest BCUT2D eigenvalue weighted by atomic mass is 16.5. The first-order valence-electron chi connectivity index (χ1n) is 7.42. The van der Waals surface area contributed by atoms with Gasteiger partial charge in [0.05, 0.1) is 12.7 Å². The molecule has 0 unspecified atom stereocenters. The van der Waals surface area contributed by atoms with Crippen molar-refractivity contribution >= 4 is 11.6 Å². The van der Waals surface area contributed by atoms with Gasteiger partial charge in [-0.3, -0.25) is 4.79 Å². The minimum Gasteiger partial charge on any atom is -0.496 e. The zero-order chi connectivity index (χ0) is 14.4. The number of anilines is 1. The second-order valence-corrected chi connectivity index (χ2v) is 5.51. The molecule has 0 radical (unpaired) electrons. The molecule has 110 valence electrons. The van der Waals surface area contributed by atoms with Crippen LogP contribution in [0.3, 0.4) is 0 Å². The number of hydrogen-bond acceptors (Lipinski definition) is 3. The first-order valence-corrected chi connectivity index (χ1v) is 7.42. The highest BCUT2D eigenvalue weighted by Gasteiger charge is 2.15. The molecule has 0 heterocycles. The van der Waals surface area contributed by atoms with Crippen molar-refractivity contribution in [1.29, 1.82) is 0 Å². The summed E-state index contributed by atoms with van der Waals surface area (Å²) in [7, 11) is 1.56. The zero-order valence-corrected chi connectivity index (χ0v) is 12.2. The molecular formula is C16H24N2O2. The second kappa shape index (κ2) is 7.17. The first kappa shape index (κ1) is 14.7. The Balaban J connectivity index is 1.86. The molecule has 1 aliphatic carbocycles. The molecule has 1 aromatic rings. The molecule has 20 heavy (non-hydrogen) atoms. The molecule has 4 nitrogen and oxygen atoms in total. The highest BCUT2D eigenvalue weighted by Crippen LogP contribution is 2.26. The van der Waals surface area contributed by atoms with Gasteiger partial charge in [-0.2, -0.15) is 0 Å². The molecular weight excluding hydrogens is 252 g/mol. The third-order valence-corrected chi connectivity index (χ3v) is 4.03. The molecule has 0 bridgehead atoms. The molecule has 0 spiro atoms. The van der Waals surface area contributed by atoms with E-state index >= 15 is 0 Å². The Bertz CT molecular complexity index is 454. The van der Waals surface area contributed by atoms with E-state index in [0.29, 0.717) is 17.0 Å². The summed E-state index contributed by atoms with van der Waals surface area (Å²) in [6, 6.07) is 5.12. The Morgan fingerprint density at radius 3 is 2.80 bits per heavy atom. The average molecular weight is 276 g/mol. The van der Waals surface area contributed by atoms with Crippen LogP contribution in [-0.4, -0.2) is 19.6 Å². The number of nitrogens with one attached hydrogen (secondary N) is 1. The third kappa shape index (κ3) is 3.89. The molecule has 1 aromatic carbocycles. The fraction of sp³-hybridized carbons (Fsp3) is 0.562. The van der Waals surface area contributed by atoms with Gasteiger partial charge in [-0.25, -0.2) is 0 Å². The number of methoxy groups -OCH3 is 1. The van der Waals surface area contributed by atoms with E-state index in [1.165, 1.54) is 32.1 Å². The van der Waals surface area contributed by atoms with Crippen LogP contribution in [0, 0.1) is 5.92 Å². The lowest BCUT2D eigenvalue weighted by Crippen LogP contribution is -2.27. The summed E-state index contributed by atoms with van der Waals surface area (Å²) in [5.74, 6) is 1.23. The van der Waals surface area contributed by atoms with Crippen molar-refractivity contribution < 1.29 is 9.53 Å². The molecule has 0 atom stereocenters. The largest absolute Gasteiger partial charge is 0.496 e. The van der Waals surface area contributed by atoms with E-state index in [1.54, 1.807) is 25.3 Å². The van der Waals surface area contributed by atoms with Gasteiger partial charge in [-0.1, -0.05) is 32.1 Å². The smallest absolute Gasteiger partial charge is 0.255 e. The maximum atomic E-state index is 12.2. The molecule has 1 fully saturated rings. The van der Waals surface area contributed by atoms with Gasteiger partial charge in [0.1, 0.15) is 5.75 Å². The highest BCUT2D eigenvalue weighted by molar-refractivity contribution is 5.97. The fourth-order valence-electron chi connectivity index (χ4n) is 2.86. The lowest BCUT2D eigenvalue weighted by molar-refractivity contribution is 0.0947. The standard InChI is InChI=1S/C16H24N2O2/c1-20-15-8-7-13(17)11-14(15)16(19)18-10-9-12-5-3-2-4-6-12/h7-8,11-12H,2-6,9-10,17H2,1H3,(H,18,19). The molecule has 0 aliphatic heterocycles. The van der Waals surface area contributed by atoms with Crippen LogP contribution >= 0.6 is 0 Å². The Kier molecular flexibility index (Phi) is 5.27. The van der Waals surface area contributed by atoms with Crippen LogP contribution in [0.5, 0.6) is 5.75 Å². The number of nitrogens with two attached hydrogens (primary N) is 1. The Morgan fingerprint density at radius 2 is 2.10 bits per heavy atom. The predicted octanol–water partition coefficient (Wildman–Crippen LogP) is 2.98. The van der Waals surface area contributed by atoms with Crippen molar-refractivity contribution in [3.63, 3.8) is 0 Å². The van der Waals surface area contributed by atoms with Crippen molar-refractivity contribution in [2.45, 2.75) is 38.5 Å². The minimum atomic E-state index is -0.107. The lowest BCUT2D eigenvalue weighted by atomic mass is 9.87. The summed E-state index contributed by atoms with van der Waals surface area (Å²) in [4.78, 5) is 12.2. The topological polar surface area (TPSA) is 64.3 Å². The van der Waals surface area contributed by atoms with Gasteiger partial charge in [0, 0.05) is 12.2 Å².